The largest absolute Gasteiger partial charge is 0.370 e. The molecule has 7 heteroatoms. The molecule has 0 radical (unpaired) electrons. The minimum Gasteiger partial charge on any atom is -0.370 e. The lowest BCUT2D eigenvalue weighted by molar-refractivity contribution is -0.123. The molecule has 3 atom stereocenters. The zero-order valence-electron chi connectivity index (χ0n) is 10.2. The molecule has 1 aliphatic rings. The first-order valence-corrected chi connectivity index (χ1v) is 5.02. The Bertz CT molecular complexity index is 303. The summed E-state index contributed by atoms with van der Waals surface area (Å²) < 4.78 is 0. The molecular weight excluding hydrogens is 263 g/mol. The predicted octanol–water partition coefficient (Wildman–Crippen LogP) is 0.667. The molecule has 0 aromatic carbocycles. The van der Waals surface area contributed by atoms with Crippen LogP contribution in [0.3, 0.4) is 0 Å². The Hall–Kier alpha value is -0.780. The number of aliphatic imine (C=N–C) groups is 1. The van der Waals surface area contributed by atoms with Crippen molar-refractivity contribution in [3.63, 3.8) is 0 Å². The van der Waals surface area contributed by atoms with Crippen molar-refractivity contribution < 1.29 is 4.79 Å². The van der Waals surface area contributed by atoms with Gasteiger partial charge in [-0.3, -0.25) is 9.69 Å². The summed E-state index contributed by atoms with van der Waals surface area (Å²) in [5.41, 5.74) is 10.3. The molecule has 2 unspecified atom stereocenters. The van der Waals surface area contributed by atoms with Crippen molar-refractivity contribution in [1.29, 1.82) is 0 Å². The summed E-state index contributed by atoms with van der Waals surface area (Å²) in [4.78, 5) is 17.2. The minimum absolute atomic E-state index is 0. The van der Waals surface area contributed by atoms with E-state index in [2.05, 4.69) is 22.0 Å². The maximum atomic E-state index is 11.6. The second-order valence-corrected chi connectivity index (χ2v) is 3.86. The van der Waals surface area contributed by atoms with Crippen molar-refractivity contribution in [2.24, 2.45) is 16.5 Å². The quantitative estimate of drug-likeness (QED) is 0.443. The molecule has 17 heavy (non-hydrogen) atoms. The van der Waals surface area contributed by atoms with Crippen LogP contribution in [0.4, 0.5) is 0 Å². The zero-order valence-corrected chi connectivity index (χ0v) is 11.8. The van der Waals surface area contributed by atoms with Crippen LogP contribution in [-0.2, 0) is 4.79 Å². The number of guanidine groups is 1. The molecule has 1 aliphatic heterocycles. The number of nitrogens with zero attached hydrogens (tertiary/aromatic N) is 2. The lowest BCUT2D eigenvalue weighted by Gasteiger charge is -2.30. The molecule has 100 valence electrons. The third-order valence-corrected chi connectivity index (χ3v) is 2.65. The Balaban J connectivity index is 0. The number of nitrogens with two attached hydrogens (primary N) is 2. The van der Waals surface area contributed by atoms with Crippen LogP contribution in [0.1, 0.15) is 20.8 Å². The lowest BCUT2D eigenvalue weighted by Crippen LogP contribution is -2.45. The van der Waals surface area contributed by atoms with Gasteiger partial charge in [-0.05, 0) is 20.8 Å². The summed E-state index contributed by atoms with van der Waals surface area (Å²) in [5.74, 6) is -0.475. The molecule has 0 bridgehead atoms. The zero-order chi connectivity index (χ0) is 11.6. The van der Waals surface area contributed by atoms with E-state index in [-0.39, 0.29) is 54.8 Å². The number of halogens is 2. The molecule has 0 fully saturated rings. The molecule has 0 saturated carbocycles. The molecule has 1 heterocycles. The summed E-state index contributed by atoms with van der Waals surface area (Å²) in [7, 11) is 0. The molecular formula is C10H20Cl2N4O. The molecule has 0 aliphatic carbocycles. The Morgan fingerprint density at radius 1 is 1.24 bits per heavy atom. The van der Waals surface area contributed by atoms with E-state index in [0.717, 1.165) is 0 Å². The molecule has 0 aromatic heterocycles. The summed E-state index contributed by atoms with van der Waals surface area (Å²) in [6.07, 6.45) is 4.15. The predicted molar refractivity (Wildman–Crippen MR) is 74.7 cm³/mol. The van der Waals surface area contributed by atoms with Gasteiger partial charge < -0.3 is 11.5 Å². The highest BCUT2D eigenvalue weighted by Gasteiger charge is 2.30. The van der Waals surface area contributed by atoms with Gasteiger partial charge in [0.05, 0.1) is 6.04 Å². The number of amides is 1. The SMILES string of the molecule is CC1C=C[C@@H](C)N1C(C)C(=O)N=C(N)N.Cl.Cl. The molecule has 0 saturated heterocycles. The van der Waals surface area contributed by atoms with Crippen LogP contribution >= 0.6 is 24.8 Å². The number of hydrogen-bond acceptors (Lipinski definition) is 2. The van der Waals surface area contributed by atoms with Crippen molar-refractivity contribution in [1.82, 2.24) is 4.90 Å². The topological polar surface area (TPSA) is 84.7 Å². The first-order chi connectivity index (χ1) is 6.93. The Kier molecular flexibility index (Phi) is 8.23. The van der Waals surface area contributed by atoms with E-state index < -0.39 is 0 Å². The van der Waals surface area contributed by atoms with Crippen LogP contribution in [0.15, 0.2) is 17.1 Å². The van der Waals surface area contributed by atoms with Crippen molar-refractivity contribution >= 4 is 36.7 Å². The minimum atomic E-state index is -0.299. The fourth-order valence-corrected chi connectivity index (χ4v) is 1.94. The molecule has 4 N–H and O–H groups in total. The summed E-state index contributed by atoms with van der Waals surface area (Å²) in [5, 5.41) is 0. The van der Waals surface area contributed by atoms with Crippen molar-refractivity contribution in [3.05, 3.63) is 12.2 Å². The average molecular weight is 283 g/mol. The molecule has 0 spiro atoms. The van der Waals surface area contributed by atoms with E-state index >= 15 is 0 Å². The maximum Gasteiger partial charge on any atom is 0.265 e. The highest BCUT2D eigenvalue weighted by molar-refractivity contribution is 5.94. The lowest BCUT2D eigenvalue weighted by atomic mass is 10.2. The molecule has 0 aromatic rings. The second-order valence-electron chi connectivity index (χ2n) is 3.86. The number of carbonyl (C=O) groups is 1. The number of rotatable bonds is 2. The van der Waals surface area contributed by atoms with Crippen LogP contribution < -0.4 is 11.5 Å². The number of hydrogen-bond donors (Lipinski definition) is 2. The maximum absolute atomic E-state index is 11.6. The summed E-state index contributed by atoms with van der Waals surface area (Å²) in [6, 6.07) is 0.188. The van der Waals surface area contributed by atoms with Crippen molar-refractivity contribution in [2.45, 2.75) is 38.9 Å². The van der Waals surface area contributed by atoms with Crippen LogP contribution in [0.5, 0.6) is 0 Å². The van der Waals surface area contributed by atoms with Crippen LogP contribution in [0.2, 0.25) is 0 Å². The Morgan fingerprint density at radius 2 is 1.65 bits per heavy atom. The van der Waals surface area contributed by atoms with E-state index in [4.69, 9.17) is 11.5 Å². The van der Waals surface area contributed by atoms with Gasteiger partial charge in [0.15, 0.2) is 5.96 Å². The Morgan fingerprint density at radius 3 is 2.00 bits per heavy atom. The molecule has 1 rings (SSSR count). The van der Waals surface area contributed by atoms with E-state index in [0.29, 0.717) is 0 Å². The third kappa shape index (κ3) is 4.53. The van der Waals surface area contributed by atoms with E-state index in [1.54, 1.807) is 0 Å². The second kappa shape index (κ2) is 7.53. The standard InChI is InChI=1S/C10H18N4O.2ClH/c1-6-4-5-7(2)14(6)8(3)9(15)13-10(11)12;;/h4-8H,1-3H3,(H4,11,12,13,15);2*1H/t6-,7?,8?;;/m1../s1. The first kappa shape index (κ1) is 18.6. The number of carbonyl (C=O) groups excluding carboxylic acids is 1. The van der Waals surface area contributed by atoms with Gasteiger partial charge in [0.2, 0.25) is 0 Å². The van der Waals surface area contributed by atoms with Gasteiger partial charge in [-0.1, -0.05) is 12.2 Å². The fourth-order valence-electron chi connectivity index (χ4n) is 1.94. The van der Waals surface area contributed by atoms with E-state index in [1.165, 1.54) is 0 Å². The van der Waals surface area contributed by atoms with E-state index in [9.17, 15) is 4.79 Å². The van der Waals surface area contributed by atoms with Gasteiger partial charge >= 0.3 is 0 Å². The Labute approximate surface area is 114 Å². The third-order valence-electron chi connectivity index (χ3n) is 2.65. The van der Waals surface area contributed by atoms with E-state index in [1.807, 2.05) is 20.8 Å². The smallest absolute Gasteiger partial charge is 0.265 e. The highest BCUT2D eigenvalue weighted by Crippen LogP contribution is 2.19. The fraction of sp³-hybridized carbons (Fsp3) is 0.600. The van der Waals surface area contributed by atoms with Crippen LogP contribution in [-0.4, -0.2) is 34.9 Å². The summed E-state index contributed by atoms with van der Waals surface area (Å²) in [6.45, 7) is 5.90. The molecule has 5 nitrogen and oxygen atoms in total. The van der Waals surface area contributed by atoms with Gasteiger partial charge in [-0.25, -0.2) is 0 Å². The van der Waals surface area contributed by atoms with Gasteiger partial charge in [-0.2, -0.15) is 4.99 Å². The van der Waals surface area contributed by atoms with Gasteiger partial charge in [-0.15, -0.1) is 24.8 Å². The van der Waals surface area contributed by atoms with Crippen molar-refractivity contribution in [2.75, 3.05) is 0 Å². The van der Waals surface area contributed by atoms with Crippen molar-refractivity contribution in [3.8, 4) is 0 Å². The molecule has 1 amide bonds. The highest BCUT2D eigenvalue weighted by atomic mass is 35.5. The average Bonchev–Trinajstić information content (AvgIpc) is 2.44. The van der Waals surface area contributed by atoms with Gasteiger partial charge in [0.25, 0.3) is 5.91 Å². The van der Waals surface area contributed by atoms with Crippen LogP contribution in [0.25, 0.3) is 0 Å². The monoisotopic (exact) mass is 282 g/mol. The normalized spacial score (nSPS) is 24.4. The first-order valence-electron chi connectivity index (χ1n) is 5.02. The van der Waals surface area contributed by atoms with Gasteiger partial charge in [0.1, 0.15) is 0 Å². The van der Waals surface area contributed by atoms with Gasteiger partial charge in [0, 0.05) is 12.1 Å². The van der Waals surface area contributed by atoms with Crippen LogP contribution in [0, 0.1) is 0 Å². The summed E-state index contributed by atoms with van der Waals surface area (Å²) >= 11 is 0.